The predicted molar refractivity (Wildman–Crippen MR) is 109 cm³/mol. The lowest BCUT2D eigenvalue weighted by molar-refractivity contribution is 0.289. The molecule has 1 fully saturated rings. The van der Waals surface area contributed by atoms with Crippen molar-refractivity contribution in [2.24, 2.45) is 11.8 Å². The third-order valence-corrected chi connectivity index (χ3v) is 6.37. The quantitative estimate of drug-likeness (QED) is 0.571. The number of hydrogen-bond acceptors (Lipinski definition) is 0. The maximum absolute atomic E-state index is 2.46. The van der Waals surface area contributed by atoms with Gasteiger partial charge in [0.25, 0.3) is 0 Å². The number of rotatable bonds is 4. The first-order chi connectivity index (χ1) is 11.9. The van der Waals surface area contributed by atoms with E-state index in [1.165, 1.54) is 65.5 Å². The van der Waals surface area contributed by atoms with Gasteiger partial charge in [-0.15, -0.1) is 0 Å². The molecule has 0 aliphatic heterocycles. The molecule has 1 aliphatic rings. The van der Waals surface area contributed by atoms with Crippen molar-refractivity contribution in [1.29, 1.82) is 0 Å². The van der Waals surface area contributed by atoms with Crippen LogP contribution < -0.4 is 0 Å². The maximum Gasteiger partial charge on any atom is -0.00204 e. The Bertz CT molecular complexity index is 707. The highest BCUT2D eigenvalue weighted by Gasteiger charge is 2.19. The van der Waals surface area contributed by atoms with E-state index in [0.29, 0.717) is 0 Å². The first-order valence-electron chi connectivity index (χ1n) is 10.1. The van der Waals surface area contributed by atoms with Gasteiger partial charge in [-0.2, -0.15) is 0 Å². The van der Waals surface area contributed by atoms with Crippen LogP contribution in [-0.2, 0) is 12.8 Å². The molecule has 0 bridgehead atoms. The molecule has 0 amide bonds. The molecule has 0 heteroatoms. The molecule has 0 atom stereocenters. The molecule has 0 unspecified atom stereocenters. The van der Waals surface area contributed by atoms with E-state index in [4.69, 9.17) is 0 Å². The summed E-state index contributed by atoms with van der Waals surface area (Å²) < 4.78 is 0. The van der Waals surface area contributed by atoms with Crippen molar-refractivity contribution in [3.63, 3.8) is 0 Å². The highest BCUT2D eigenvalue weighted by atomic mass is 14.2. The zero-order valence-corrected chi connectivity index (χ0v) is 16.8. The summed E-state index contributed by atoms with van der Waals surface area (Å²) in [5.74, 6) is 1.85. The van der Waals surface area contributed by atoms with Crippen molar-refractivity contribution in [3.05, 3.63) is 69.3 Å². The molecule has 1 saturated carbocycles. The third-order valence-electron chi connectivity index (χ3n) is 6.37. The van der Waals surface area contributed by atoms with Gasteiger partial charge >= 0.3 is 0 Å². The molecule has 2 aromatic rings. The van der Waals surface area contributed by atoms with E-state index >= 15 is 0 Å². The summed E-state index contributed by atoms with van der Waals surface area (Å²) in [7, 11) is 0. The molecule has 0 spiro atoms. The van der Waals surface area contributed by atoms with Crippen molar-refractivity contribution in [3.8, 4) is 0 Å². The minimum atomic E-state index is 0.903. The van der Waals surface area contributed by atoms with Crippen LogP contribution >= 0.6 is 0 Å². The van der Waals surface area contributed by atoms with Crippen molar-refractivity contribution in [1.82, 2.24) is 0 Å². The fraction of sp³-hybridized carbons (Fsp3) is 0.520. The van der Waals surface area contributed by atoms with Gasteiger partial charge in [0.15, 0.2) is 0 Å². The largest absolute Gasteiger partial charge is 0.0625 e. The smallest absolute Gasteiger partial charge is 0.00204 e. The molecular weight excluding hydrogens is 300 g/mol. The second-order valence-corrected chi connectivity index (χ2v) is 8.63. The number of hydrogen-bond donors (Lipinski definition) is 0. The van der Waals surface area contributed by atoms with Gasteiger partial charge in [0.2, 0.25) is 0 Å². The summed E-state index contributed by atoms with van der Waals surface area (Å²) in [5, 5.41) is 0. The van der Waals surface area contributed by atoms with E-state index < -0.39 is 0 Å². The normalized spacial score (nSPS) is 20.7. The molecule has 1 aliphatic carbocycles. The van der Waals surface area contributed by atoms with Gasteiger partial charge in [-0.3, -0.25) is 0 Å². The van der Waals surface area contributed by atoms with Crippen molar-refractivity contribution < 1.29 is 0 Å². The zero-order valence-electron chi connectivity index (χ0n) is 16.8. The Balaban J connectivity index is 1.74. The summed E-state index contributed by atoms with van der Waals surface area (Å²) in [4.78, 5) is 0. The topological polar surface area (TPSA) is 0 Å². The van der Waals surface area contributed by atoms with Crippen LogP contribution in [0, 0.1) is 39.5 Å². The molecule has 134 valence electrons. The average Bonchev–Trinajstić information content (AvgIpc) is 2.56. The van der Waals surface area contributed by atoms with Crippen LogP contribution in [-0.4, -0.2) is 0 Å². The molecule has 25 heavy (non-hydrogen) atoms. The Hall–Kier alpha value is -1.56. The van der Waals surface area contributed by atoms with E-state index in [9.17, 15) is 0 Å². The highest BCUT2D eigenvalue weighted by Crippen LogP contribution is 2.31. The minimum absolute atomic E-state index is 0.903. The first kappa shape index (κ1) is 18.2. The summed E-state index contributed by atoms with van der Waals surface area (Å²) in [6.45, 7) is 11.4. The summed E-state index contributed by atoms with van der Waals surface area (Å²) >= 11 is 0. The lowest BCUT2D eigenvalue weighted by Crippen LogP contribution is -2.14. The molecule has 2 aromatic carbocycles. The van der Waals surface area contributed by atoms with Crippen LogP contribution in [0.4, 0.5) is 0 Å². The Labute approximate surface area is 154 Å². The van der Waals surface area contributed by atoms with E-state index in [1.807, 2.05) is 0 Å². The molecule has 3 rings (SSSR count). The minimum Gasteiger partial charge on any atom is -0.0625 e. The second kappa shape index (κ2) is 7.77. The lowest BCUT2D eigenvalue weighted by atomic mass is 9.79. The Kier molecular flexibility index (Phi) is 5.67. The molecule has 0 radical (unpaired) electrons. The average molecular weight is 335 g/mol. The summed E-state index contributed by atoms with van der Waals surface area (Å²) in [6.07, 6.45) is 8.02. The van der Waals surface area contributed by atoms with Crippen LogP contribution in [0.5, 0.6) is 0 Å². The maximum atomic E-state index is 2.46. The molecule has 0 aromatic heterocycles. The fourth-order valence-corrected chi connectivity index (χ4v) is 4.46. The van der Waals surface area contributed by atoms with E-state index in [2.05, 4.69) is 65.0 Å². The van der Waals surface area contributed by atoms with Crippen LogP contribution in [0.3, 0.4) is 0 Å². The highest BCUT2D eigenvalue weighted by molar-refractivity contribution is 5.42. The summed E-state index contributed by atoms with van der Waals surface area (Å²) in [5.41, 5.74) is 10.2. The van der Waals surface area contributed by atoms with E-state index in [1.54, 1.807) is 5.56 Å². The van der Waals surface area contributed by atoms with Crippen LogP contribution in [0.25, 0.3) is 0 Å². The zero-order chi connectivity index (χ0) is 18.0. The lowest BCUT2D eigenvalue weighted by Gasteiger charge is -2.26. The number of aryl methyl sites for hydroxylation is 4. The Morgan fingerprint density at radius 2 is 1.32 bits per heavy atom. The van der Waals surface area contributed by atoms with Gasteiger partial charge < -0.3 is 0 Å². The second-order valence-electron chi connectivity index (χ2n) is 8.63. The van der Waals surface area contributed by atoms with Gasteiger partial charge in [0.05, 0.1) is 0 Å². The Morgan fingerprint density at radius 1 is 0.720 bits per heavy atom. The van der Waals surface area contributed by atoms with Gasteiger partial charge in [-0.1, -0.05) is 50.1 Å². The standard InChI is InChI=1S/C25H34/c1-17-6-9-22(10-7-17)15-24-13-20(4)25(21(5)14-24)16-23-11-8-18(2)19(3)12-23/h8,11-14,17,22H,6-7,9-10,15-16H2,1-5H3. The van der Waals surface area contributed by atoms with Crippen molar-refractivity contribution >= 4 is 0 Å². The summed E-state index contributed by atoms with van der Waals surface area (Å²) in [6, 6.07) is 11.8. The van der Waals surface area contributed by atoms with E-state index in [0.717, 1.165) is 18.3 Å². The van der Waals surface area contributed by atoms with Crippen LogP contribution in [0.1, 0.15) is 71.6 Å². The van der Waals surface area contributed by atoms with Gasteiger partial charge in [-0.05, 0) is 104 Å². The van der Waals surface area contributed by atoms with Crippen molar-refractivity contribution in [2.75, 3.05) is 0 Å². The van der Waals surface area contributed by atoms with Crippen LogP contribution in [0.2, 0.25) is 0 Å². The monoisotopic (exact) mass is 334 g/mol. The molecule has 0 heterocycles. The third kappa shape index (κ3) is 4.54. The van der Waals surface area contributed by atoms with Crippen LogP contribution in [0.15, 0.2) is 30.3 Å². The van der Waals surface area contributed by atoms with Crippen molar-refractivity contribution in [2.45, 2.75) is 73.1 Å². The van der Waals surface area contributed by atoms with Gasteiger partial charge in [-0.25, -0.2) is 0 Å². The van der Waals surface area contributed by atoms with Gasteiger partial charge in [0, 0.05) is 0 Å². The van der Waals surface area contributed by atoms with Gasteiger partial charge in [0.1, 0.15) is 0 Å². The molecule has 0 N–H and O–H groups in total. The fourth-order valence-electron chi connectivity index (χ4n) is 4.46. The van der Waals surface area contributed by atoms with E-state index in [-0.39, 0.29) is 0 Å². The molecular formula is C25H34. The SMILES string of the molecule is Cc1ccc(Cc2c(C)cc(CC3CCC(C)CC3)cc2C)cc1C. The Morgan fingerprint density at radius 3 is 1.92 bits per heavy atom. The molecule has 0 saturated heterocycles. The molecule has 0 nitrogen and oxygen atoms in total. The first-order valence-corrected chi connectivity index (χ1v) is 10.1. The predicted octanol–water partition coefficient (Wildman–Crippen LogP) is 6.88. The number of benzene rings is 2.